The maximum absolute atomic E-state index is 12.5. The molecule has 1 aromatic rings. The number of benzene rings is 1. The maximum atomic E-state index is 12.5. The third-order valence-electron chi connectivity index (χ3n) is 5.37. The molecule has 9 heteroatoms. The molecular formula is C25H34N4O5. The summed E-state index contributed by atoms with van der Waals surface area (Å²) in [6.45, 7) is 8.46. The molecule has 9 nitrogen and oxygen atoms in total. The molecule has 0 aromatic heterocycles. The van der Waals surface area contributed by atoms with Gasteiger partial charge >= 0.3 is 18.2 Å². The fourth-order valence-corrected chi connectivity index (χ4v) is 3.50. The highest BCUT2D eigenvalue weighted by atomic mass is 16.6. The van der Waals surface area contributed by atoms with Gasteiger partial charge in [0.2, 0.25) is 0 Å². The highest BCUT2D eigenvalue weighted by Crippen LogP contribution is 2.15. The molecule has 1 aromatic carbocycles. The summed E-state index contributed by atoms with van der Waals surface area (Å²) >= 11 is 0. The average Bonchev–Trinajstić information content (AvgIpc) is 2.82. The van der Waals surface area contributed by atoms with Gasteiger partial charge in [0.05, 0.1) is 0 Å². The summed E-state index contributed by atoms with van der Waals surface area (Å²) < 4.78 is 10.7. The van der Waals surface area contributed by atoms with Crippen molar-refractivity contribution < 1.29 is 23.9 Å². The van der Waals surface area contributed by atoms with E-state index in [1.807, 2.05) is 63.3 Å². The van der Waals surface area contributed by atoms with E-state index in [4.69, 9.17) is 9.47 Å². The molecule has 1 fully saturated rings. The van der Waals surface area contributed by atoms with Crippen LogP contribution in [-0.4, -0.2) is 77.8 Å². The second-order valence-corrected chi connectivity index (χ2v) is 9.22. The smallest absolute Gasteiger partial charge is 0.414 e. The topological polar surface area (TPSA) is 91.4 Å². The molecule has 3 rings (SSSR count). The van der Waals surface area contributed by atoms with Gasteiger partial charge in [0.1, 0.15) is 12.2 Å². The second kappa shape index (κ2) is 11.6. The van der Waals surface area contributed by atoms with E-state index < -0.39 is 5.60 Å². The lowest BCUT2D eigenvalue weighted by Gasteiger charge is -2.34. The van der Waals surface area contributed by atoms with Crippen LogP contribution in [0.4, 0.5) is 14.4 Å². The van der Waals surface area contributed by atoms with Crippen molar-refractivity contribution >= 4 is 18.2 Å². The Bertz CT molecular complexity index is 915. The Morgan fingerprint density at radius 3 is 2.26 bits per heavy atom. The summed E-state index contributed by atoms with van der Waals surface area (Å²) in [5.41, 5.74) is 1.45. The third-order valence-corrected chi connectivity index (χ3v) is 5.37. The van der Waals surface area contributed by atoms with Crippen molar-refractivity contribution in [1.82, 2.24) is 20.0 Å². The number of allylic oxidation sites excluding steroid dienone is 1. The van der Waals surface area contributed by atoms with Crippen molar-refractivity contribution in [3.05, 3.63) is 59.8 Å². The number of rotatable bonds is 5. The van der Waals surface area contributed by atoms with Crippen molar-refractivity contribution in [2.75, 3.05) is 39.3 Å². The fraction of sp³-hybridized carbons (Fsp3) is 0.480. The summed E-state index contributed by atoms with van der Waals surface area (Å²) in [5.74, 6) is 0. The number of carbonyl (C=O) groups is 3. The summed E-state index contributed by atoms with van der Waals surface area (Å²) in [7, 11) is 0. The van der Waals surface area contributed by atoms with E-state index in [0.717, 1.165) is 11.1 Å². The van der Waals surface area contributed by atoms with Crippen molar-refractivity contribution in [1.29, 1.82) is 0 Å². The van der Waals surface area contributed by atoms with Crippen LogP contribution in [0, 0.1) is 0 Å². The van der Waals surface area contributed by atoms with Crippen molar-refractivity contribution in [2.45, 2.75) is 39.4 Å². The Hall–Kier alpha value is -3.49. The molecule has 0 aliphatic carbocycles. The number of piperazine rings is 1. The minimum atomic E-state index is -0.535. The van der Waals surface area contributed by atoms with E-state index in [9.17, 15) is 14.4 Å². The van der Waals surface area contributed by atoms with Crippen LogP contribution >= 0.6 is 0 Å². The average molecular weight is 471 g/mol. The summed E-state index contributed by atoms with van der Waals surface area (Å²) in [6.07, 6.45) is 5.45. The van der Waals surface area contributed by atoms with Gasteiger partial charge in [-0.1, -0.05) is 36.4 Å². The van der Waals surface area contributed by atoms with E-state index in [1.165, 1.54) is 4.90 Å². The minimum absolute atomic E-state index is 0.145. The van der Waals surface area contributed by atoms with Crippen LogP contribution in [0.25, 0.3) is 0 Å². The van der Waals surface area contributed by atoms with E-state index in [2.05, 4.69) is 5.32 Å². The summed E-state index contributed by atoms with van der Waals surface area (Å²) in [5, 5.41) is 2.93. The molecule has 4 amide bonds. The Balaban J connectivity index is 1.32. The van der Waals surface area contributed by atoms with Crippen LogP contribution in [0.2, 0.25) is 0 Å². The molecule has 2 aliphatic rings. The molecule has 2 aliphatic heterocycles. The quantitative estimate of drug-likeness (QED) is 0.708. The number of carbonyl (C=O) groups excluding carboxylic acids is 3. The van der Waals surface area contributed by atoms with Crippen LogP contribution < -0.4 is 5.32 Å². The number of nitrogens with zero attached hydrogens (tertiary/aromatic N) is 3. The third kappa shape index (κ3) is 7.83. The van der Waals surface area contributed by atoms with Gasteiger partial charge in [-0.05, 0) is 44.4 Å². The largest absolute Gasteiger partial charge is 0.445 e. The van der Waals surface area contributed by atoms with E-state index >= 15 is 0 Å². The van der Waals surface area contributed by atoms with Gasteiger partial charge in [0, 0.05) is 45.5 Å². The molecule has 0 saturated carbocycles. The molecule has 0 atom stereocenters. The molecule has 1 N–H and O–H groups in total. The number of urea groups is 1. The number of hydrogen-bond acceptors (Lipinski definition) is 5. The van der Waals surface area contributed by atoms with E-state index in [-0.39, 0.29) is 24.8 Å². The fourth-order valence-electron chi connectivity index (χ4n) is 3.50. The standard InChI is InChI=1S/C25H34N4O5/c1-25(2,3)34-24(32)28-13-10-20(11-14-28)9-12-26-22(30)27-15-17-29(18-16-27)23(31)33-19-21-7-5-4-6-8-21/h4-8,10-11,13H,9,12,14-19H2,1-3H3,(H,26,30). The van der Waals surface area contributed by atoms with Gasteiger partial charge < -0.3 is 24.6 Å². The number of hydrogen-bond donors (Lipinski definition) is 1. The van der Waals surface area contributed by atoms with Gasteiger partial charge in [-0.15, -0.1) is 0 Å². The first kappa shape index (κ1) is 25.1. The zero-order valence-corrected chi connectivity index (χ0v) is 20.2. The predicted octanol–water partition coefficient (Wildman–Crippen LogP) is 3.73. The normalized spacial score (nSPS) is 16.1. The number of nitrogens with one attached hydrogen (secondary N) is 1. The van der Waals surface area contributed by atoms with Crippen LogP contribution in [0.3, 0.4) is 0 Å². The lowest BCUT2D eigenvalue weighted by atomic mass is 10.1. The summed E-state index contributed by atoms with van der Waals surface area (Å²) in [4.78, 5) is 41.7. The second-order valence-electron chi connectivity index (χ2n) is 9.22. The molecule has 1 saturated heterocycles. The van der Waals surface area contributed by atoms with Gasteiger partial charge in [0.15, 0.2) is 0 Å². The zero-order valence-electron chi connectivity index (χ0n) is 20.2. The van der Waals surface area contributed by atoms with Gasteiger partial charge in [0.25, 0.3) is 0 Å². The molecule has 0 spiro atoms. The van der Waals surface area contributed by atoms with E-state index in [0.29, 0.717) is 45.7 Å². The molecular weight excluding hydrogens is 436 g/mol. The molecule has 34 heavy (non-hydrogen) atoms. The van der Waals surface area contributed by atoms with Crippen LogP contribution in [0.15, 0.2) is 54.3 Å². The Kier molecular flexibility index (Phi) is 8.56. The molecule has 0 radical (unpaired) electrons. The summed E-state index contributed by atoms with van der Waals surface area (Å²) in [6, 6.07) is 9.39. The number of ether oxygens (including phenoxy) is 2. The van der Waals surface area contributed by atoms with Crippen LogP contribution in [0.5, 0.6) is 0 Å². The number of amides is 4. The van der Waals surface area contributed by atoms with Crippen LogP contribution in [-0.2, 0) is 16.1 Å². The molecule has 2 heterocycles. The highest BCUT2D eigenvalue weighted by molar-refractivity contribution is 5.75. The monoisotopic (exact) mass is 470 g/mol. The lowest BCUT2D eigenvalue weighted by Crippen LogP contribution is -2.53. The first-order valence-corrected chi connectivity index (χ1v) is 11.6. The predicted molar refractivity (Wildman–Crippen MR) is 128 cm³/mol. The minimum Gasteiger partial charge on any atom is -0.445 e. The first-order chi connectivity index (χ1) is 16.2. The molecule has 0 unspecified atom stereocenters. The van der Waals surface area contributed by atoms with Gasteiger partial charge in [-0.2, -0.15) is 0 Å². The lowest BCUT2D eigenvalue weighted by molar-refractivity contribution is 0.0349. The Labute approximate surface area is 201 Å². The van der Waals surface area contributed by atoms with Gasteiger partial charge in [-0.25, -0.2) is 14.4 Å². The van der Waals surface area contributed by atoms with Crippen LogP contribution in [0.1, 0.15) is 32.8 Å². The molecule has 0 bridgehead atoms. The SMILES string of the molecule is CC(C)(C)OC(=O)N1C=CC(CCNC(=O)N2CCN(C(=O)OCc3ccccc3)CC2)=CC1. The van der Waals surface area contributed by atoms with Gasteiger partial charge in [-0.3, -0.25) is 4.90 Å². The Morgan fingerprint density at radius 1 is 0.971 bits per heavy atom. The van der Waals surface area contributed by atoms with Crippen molar-refractivity contribution in [3.63, 3.8) is 0 Å². The highest BCUT2D eigenvalue weighted by Gasteiger charge is 2.25. The maximum Gasteiger partial charge on any atom is 0.414 e. The van der Waals surface area contributed by atoms with Crippen molar-refractivity contribution in [2.24, 2.45) is 0 Å². The Morgan fingerprint density at radius 2 is 1.65 bits per heavy atom. The molecule has 184 valence electrons. The van der Waals surface area contributed by atoms with E-state index in [1.54, 1.807) is 16.0 Å². The first-order valence-electron chi connectivity index (χ1n) is 11.6. The zero-order chi connectivity index (χ0) is 24.6. The van der Waals surface area contributed by atoms with Crippen molar-refractivity contribution in [3.8, 4) is 0 Å².